The number of aromatic hydroxyl groups is 3. The van der Waals surface area contributed by atoms with Crippen LogP contribution in [0, 0.1) is 17.3 Å². The van der Waals surface area contributed by atoms with E-state index >= 15 is 0 Å². The summed E-state index contributed by atoms with van der Waals surface area (Å²) in [6.45, 7) is 6.74. The zero-order valence-electron chi connectivity index (χ0n) is 22.0. The first-order valence-electron chi connectivity index (χ1n) is 12.9. The fourth-order valence-electron chi connectivity index (χ4n) is 5.47. The van der Waals surface area contributed by atoms with Crippen LogP contribution in [0.3, 0.4) is 0 Å². The summed E-state index contributed by atoms with van der Waals surface area (Å²) in [5.41, 5.74) is -1.16. The van der Waals surface area contributed by atoms with Crippen LogP contribution in [-0.2, 0) is 14.2 Å². The van der Waals surface area contributed by atoms with Gasteiger partial charge in [-0.15, -0.1) is 0 Å². The number of rotatable bonds is 8. The van der Waals surface area contributed by atoms with Crippen LogP contribution in [0.4, 0.5) is 0 Å². The Morgan fingerprint density at radius 1 is 0.974 bits per heavy atom. The third-order valence-electron chi connectivity index (χ3n) is 7.88. The highest BCUT2D eigenvalue weighted by atomic mass is 16.7. The van der Waals surface area contributed by atoms with Gasteiger partial charge >= 0.3 is 5.97 Å². The van der Waals surface area contributed by atoms with E-state index < -0.39 is 96.1 Å². The molecule has 12 heteroatoms. The molecule has 1 heterocycles. The van der Waals surface area contributed by atoms with Gasteiger partial charge in [-0.1, -0.05) is 40.5 Å². The molecule has 1 aromatic rings. The lowest BCUT2D eigenvalue weighted by Crippen LogP contribution is -2.64. The largest absolute Gasteiger partial charge is 0.504 e. The average molecular weight is 545 g/mol. The van der Waals surface area contributed by atoms with Gasteiger partial charge in [0.2, 0.25) is 0 Å². The van der Waals surface area contributed by atoms with Gasteiger partial charge in [0, 0.05) is 17.3 Å². The van der Waals surface area contributed by atoms with Crippen LogP contribution in [0.5, 0.6) is 17.2 Å². The van der Waals surface area contributed by atoms with E-state index in [-0.39, 0.29) is 5.56 Å². The number of aliphatic hydroxyl groups is 5. The number of carbonyl (C=O) groups excluding carboxylic acids is 1. The first-order valence-corrected chi connectivity index (χ1v) is 12.9. The van der Waals surface area contributed by atoms with Crippen molar-refractivity contribution in [2.24, 2.45) is 17.3 Å². The molecule has 12 nitrogen and oxygen atoms in total. The van der Waals surface area contributed by atoms with Gasteiger partial charge < -0.3 is 55.1 Å². The van der Waals surface area contributed by atoms with Crippen molar-refractivity contribution in [2.45, 2.75) is 96.0 Å². The maximum atomic E-state index is 12.4. The number of phenols is 3. The van der Waals surface area contributed by atoms with Crippen molar-refractivity contribution < 1.29 is 59.9 Å². The molecule has 1 saturated carbocycles. The molecule has 2 fully saturated rings. The minimum atomic E-state index is -1.73. The van der Waals surface area contributed by atoms with Gasteiger partial charge in [-0.25, -0.2) is 4.79 Å². The second kappa shape index (κ2) is 11.9. The molecule has 1 aliphatic heterocycles. The van der Waals surface area contributed by atoms with Crippen molar-refractivity contribution in [3.05, 3.63) is 17.7 Å². The van der Waals surface area contributed by atoms with Crippen molar-refractivity contribution in [1.29, 1.82) is 0 Å². The summed E-state index contributed by atoms with van der Waals surface area (Å²) in [5.74, 6) is -4.17. The molecule has 1 aliphatic carbocycles. The maximum Gasteiger partial charge on any atom is 0.338 e. The number of hydrogen-bond donors (Lipinski definition) is 8. The van der Waals surface area contributed by atoms with Gasteiger partial charge in [-0.05, 0) is 18.6 Å². The normalized spacial score (nSPS) is 37.1. The summed E-state index contributed by atoms with van der Waals surface area (Å²) < 4.78 is 17.0. The smallest absolute Gasteiger partial charge is 0.338 e. The lowest BCUT2D eigenvalue weighted by atomic mass is 9.61. The summed E-state index contributed by atoms with van der Waals surface area (Å²) in [7, 11) is 0. The minimum Gasteiger partial charge on any atom is -0.504 e. The predicted octanol–water partition coefficient (Wildman–Crippen LogP) is 0.357. The monoisotopic (exact) mass is 544 g/mol. The number of aliphatic hydroxyl groups excluding tert-OH is 5. The Bertz CT molecular complexity index is 945. The zero-order chi connectivity index (χ0) is 28.5. The van der Waals surface area contributed by atoms with Crippen molar-refractivity contribution in [3.63, 3.8) is 0 Å². The molecule has 1 aromatic carbocycles. The summed E-state index contributed by atoms with van der Waals surface area (Å²) in [6.07, 6.45) is -8.27. The lowest BCUT2D eigenvalue weighted by molar-refractivity contribution is -0.337. The summed E-state index contributed by atoms with van der Waals surface area (Å²) >= 11 is 0. The van der Waals surface area contributed by atoms with Crippen LogP contribution in [0.1, 0.15) is 57.3 Å². The first-order chi connectivity index (χ1) is 17.7. The fraction of sp³-hybridized carbons (Fsp3) is 0.731. The standard InChI is InChI=1S/C26H40O12/c1-5-6-7-13-17(29)11(2)22(34)26(3,4)23(13)38-25-21(33)20(32)19(31)16(37-25)10-36-24(35)12-8-14(27)18(30)15(28)9-12/h8-9,11,13,16-17,19-23,25,27-34H,5-7,10H2,1-4H3/t11?,13?,16-,17?,19-,20+,21-,22?,23?,25+/m1/s1. The van der Waals surface area contributed by atoms with Crippen LogP contribution in [0.25, 0.3) is 0 Å². The van der Waals surface area contributed by atoms with Crippen molar-refractivity contribution in [3.8, 4) is 17.2 Å². The number of esters is 1. The number of benzene rings is 1. The van der Waals surface area contributed by atoms with Gasteiger partial charge in [-0.2, -0.15) is 0 Å². The Morgan fingerprint density at radius 3 is 2.16 bits per heavy atom. The van der Waals surface area contributed by atoms with Gasteiger partial charge in [0.1, 0.15) is 31.0 Å². The molecular formula is C26H40O12. The second-order valence-corrected chi connectivity index (χ2v) is 11.0. The molecular weight excluding hydrogens is 504 g/mol. The van der Waals surface area contributed by atoms with Gasteiger partial charge in [0.15, 0.2) is 23.5 Å². The quantitative estimate of drug-likeness (QED) is 0.165. The highest BCUT2D eigenvalue weighted by molar-refractivity contribution is 5.91. The van der Waals surface area contributed by atoms with Gasteiger partial charge in [-0.3, -0.25) is 0 Å². The topological polar surface area (TPSA) is 207 Å². The molecule has 0 spiro atoms. The van der Waals surface area contributed by atoms with Crippen LogP contribution in [0.2, 0.25) is 0 Å². The Labute approximate surface area is 221 Å². The predicted molar refractivity (Wildman–Crippen MR) is 131 cm³/mol. The molecule has 216 valence electrons. The molecule has 1 saturated heterocycles. The van der Waals surface area contributed by atoms with Crippen molar-refractivity contribution in [1.82, 2.24) is 0 Å². The van der Waals surface area contributed by atoms with Crippen LogP contribution in [0.15, 0.2) is 12.1 Å². The first kappa shape index (κ1) is 30.4. The Morgan fingerprint density at radius 2 is 1.58 bits per heavy atom. The fourth-order valence-corrected chi connectivity index (χ4v) is 5.47. The lowest BCUT2D eigenvalue weighted by Gasteiger charge is -2.53. The Hall–Kier alpha value is -2.19. The number of ether oxygens (including phenoxy) is 3. The molecule has 3 rings (SSSR count). The third-order valence-corrected chi connectivity index (χ3v) is 7.88. The third kappa shape index (κ3) is 5.86. The Balaban J connectivity index is 1.77. The minimum absolute atomic E-state index is 0.295. The molecule has 38 heavy (non-hydrogen) atoms. The number of carbonyl (C=O) groups is 1. The van der Waals surface area contributed by atoms with E-state index in [0.717, 1.165) is 25.0 Å². The van der Waals surface area contributed by atoms with E-state index in [0.29, 0.717) is 6.42 Å². The molecule has 0 radical (unpaired) electrons. The summed E-state index contributed by atoms with van der Waals surface area (Å²) in [5, 5.41) is 82.1. The highest BCUT2D eigenvalue weighted by Crippen LogP contribution is 2.47. The Kier molecular flexibility index (Phi) is 9.51. The van der Waals surface area contributed by atoms with E-state index in [9.17, 15) is 45.6 Å². The van der Waals surface area contributed by atoms with E-state index in [4.69, 9.17) is 14.2 Å². The summed E-state index contributed by atoms with van der Waals surface area (Å²) in [6, 6.07) is 1.75. The molecule has 0 amide bonds. The molecule has 5 unspecified atom stereocenters. The zero-order valence-corrected chi connectivity index (χ0v) is 22.0. The van der Waals surface area contributed by atoms with Crippen LogP contribution >= 0.6 is 0 Å². The summed E-state index contributed by atoms with van der Waals surface area (Å²) in [4.78, 5) is 12.4. The maximum absolute atomic E-state index is 12.4. The van der Waals surface area contributed by atoms with Gasteiger partial charge in [0.05, 0.1) is 23.9 Å². The number of phenolic OH excluding ortho intramolecular Hbond substituents is 3. The van der Waals surface area contributed by atoms with E-state index in [1.165, 1.54) is 0 Å². The molecule has 0 bridgehead atoms. The molecule has 10 atom stereocenters. The average Bonchev–Trinajstić information content (AvgIpc) is 2.87. The molecule has 0 aromatic heterocycles. The van der Waals surface area contributed by atoms with E-state index in [2.05, 4.69) is 0 Å². The van der Waals surface area contributed by atoms with E-state index in [1.807, 2.05) is 6.92 Å². The highest BCUT2D eigenvalue weighted by Gasteiger charge is 2.55. The number of hydrogen-bond acceptors (Lipinski definition) is 12. The van der Waals surface area contributed by atoms with Crippen molar-refractivity contribution in [2.75, 3.05) is 6.61 Å². The number of unbranched alkanes of at least 4 members (excludes halogenated alkanes) is 1. The molecule has 2 aliphatic rings. The van der Waals surface area contributed by atoms with E-state index in [1.54, 1.807) is 20.8 Å². The SMILES string of the molecule is CCCCC1C(O)C(C)C(O)C(C)(C)C1O[C@@H]1O[C@H](COC(=O)c2cc(O)c(O)c(O)c2)[C@@H](O)[C@H](O)[C@H]1O. The molecule has 8 N–H and O–H groups in total. The second-order valence-electron chi connectivity index (χ2n) is 11.0. The van der Waals surface area contributed by atoms with Gasteiger partial charge in [0.25, 0.3) is 0 Å². The van der Waals surface area contributed by atoms with Crippen LogP contribution < -0.4 is 0 Å². The van der Waals surface area contributed by atoms with Crippen molar-refractivity contribution >= 4 is 5.97 Å². The van der Waals surface area contributed by atoms with Crippen LogP contribution in [-0.4, -0.2) is 102 Å².